The summed E-state index contributed by atoms with van der Waals surface area (Å²) in [5.41, 5.74) is 6.90. The van der Waals surface area contributed by atoms with Crippen LogP contribution in [0.1, 0.15) is 12.8 Å². The molecule has 5 heteroatoms. The van der Waals surface area contributed by atoms with E-state index >= 15 is 0 Å². The zero-order valence-corrected chi connectivity index (χ0v) is 11.9. The van der Waals surface area contributed by atoms with Gasteiger partial charge in [0.1, 0.15) is 11.6 Å². The predicted octanol–water partition coefficient (Wildman–Crippen LogP) is 1.93. The number of nitrogen functional groups attached to an aromatic ring is 1. The van der Waals surface area contributed by atoms with Gasteiger partial charge in [-0.25, -0.2) is 9.97 Å². The van der Waals surface area contributed by atoms with Crippen LogP contribution >= 0.6 is 0 Å². The van der Waals surface area contributed by atoms with E-state index in [0.717, 1.165) is 37.3 Å². The Hall–Kier alpha value is -2.14. The number of anilines is 2. The molecule has 1 atom stereocenters. The van der Waals surface area contributed by atoms with Gasteiger partial charge in [-0.3, -0.25) is 0 Å². The zero-order chi connectivity index (χ0) is 14.7. The van der Waals surface area contributed by atoms with Crippen molar-refractivity contribution in [2.24, 2.45) is 5.92 Å². The third-order valence-corrected chi connectivity index (χ3v) is 3.87. The zero-order valence-electron chi connectivity index (χ0n) is 11.9. The number of hydrogen-bond donors (Lipinski definition) is 2. The van der Waals surface area contributed by atoms with Crippen LogP contribution < -0.4 is 10.6 Å². The van der Waals surface area contributed by atoms with Crippen LogP contribution in [-0.2, 0) is 0 Å². The third kappa shape index (κ3) is 3.13. The smallest absolute Gasteiger partial charge is 0.163 e. The van der Waals surface area contributed by atoms with E-state index in [0.29, 0.717) is 17.6 Å². The Kier molecular flexibility index (Phi) is 4.01. The molecule has 0 saturated carbocycles. The number of aliphatic hydroxyl groups is 1. The molecule has 1 saturated heterocycles. The van der Waals surface area contributed by atoms with Crippen molar-refractivity contribution in [1.29, 1.82) is 0 Å². The highest BCUT2D eigenvalue weighted by Crippen LogP contribution is 2.25. The molecule has 0 aliphatic carbocycles. The van der Waals surface area contributed by atoms with Crippen molar-refractivity contribution < 1.29 is 5.11 Å². The Morgan fingerprint density at radius 2 is 2.05 bits per heavy atom. The van der Waals surface area contributed by atoms with Gasteiger partial charge in [-0.2, -0.15) is 0 Å². The normalized spacial score (nSPS) is 18.7. The molecule has 21 heavy (non-hydrogen) atoms. The van der Waals surface area contributed by atoms with E-state index in [1.807, 2.05) is 36.4 Å². The molecule has 1 unspecified atom stereocenters. The molecule has 0 radical (unpaired) electrons. The lowest BCUT2D eigenvalue weighted by Crippen LogP contribution is -2.37. The summed E-state index contributed by atoms with van der Waals surface area (Å²) in [6, 6.07) is 11.7. The van der Waals surface area contributed by atoms with Gasteiger partial charge in [0.25, 0.3) is 0 Å². The Morgan fingerprint density at radius 1 is 1.24 bits per heavy atom. The first kappa shape index (κ1) is 13.8. The standard InChI is InChI=1S/C16H20N4O/c17-14-9-15(20-8-4-5-12(10-20)11-21)19-16(18-14)13-6-2-1-3-7-13/h1-3,6-7,9,12,21H,4-5,8,10-11H2,(H2,17,18,19). The molecule has 1 aliphatic rings. The maximum Gasteiger partial charge on any atom is 0.163 e. The molecule has 2 heterocycles. The molecule has 110 valence electrons. The number of piperidine rings is 1. The van der Waals surface area contributed by atoms with E-state index < -0.39 is 0 Å². The largest absolute Gasteiger partial charge is 0.396 e. The van der Waals surface area contributed by atoms with Gasteiger partial charge in [-0.05, 0) is 18.8 Å². The summed E-state index contributed by atoms with van der Waals surface area (Å²) in [5, 5.41) is 9.36. The van der Waals surface area contributed by atoms with Crippen molar-refractivity contribution in [3.63, 3.8) is 0 Å². The number of nitrogens with two attached hydrogens (primary N) is 1. The van der Waals surface area contributed by atoms with Gasteiger partial charge in [-0.15, -0.1) is 0 Å². The molecule has 3 N–H and O–H groups in total. The van der Waals surface area contributed by atoms with Crippen LogP contribution in [0.5, 0.6) is 0 Å². The molecular formula is C16H20N4O. The summed E-state index contributed by atoms with van der Waals surface area (Å²) >= 11 is 0. The first-order valence-electron chi connectivity index (χ1n) is 7.32. The molecule has 2 aromatic rings. The SMILES string of the molecule is Nc1cc(N2CCCC(CO)C2)nc(-c2ccccc2)n1. The van der Waals surface area contributed by atoms with Crippen LogP contribution in [0.15, 0.2) is 36.4 Å². The van der Waals surface area contributed by atoms with Gasteiger partial charge in [0, 0.05) is 31.3 Å². The van der Waals surface area contributed by atoms with Gasteiger partial charge >= 0.3 is 0 Å². The minimum atomic E-state index is 0.225. The summed E-state index contributed by atoms with van der Waals surface area (Å²) in [5.74, 6) is 2.29. The molecule has 1 aromatic heterocycles. The summed E-state index contributed by atoms with van der Waals surface area (Å²) in [6.07, 6.45) is 2.13. The van der Waals surface area contributed by atoms with Crippen molar-refractivity contribution in [2.75, 3.05) is 30.3 Å². The summed E-state index contributed by atoms with van der Waals surface area (Å²) in [7, 11) is 0. The van der Waals surface area contributed by atoms with Crippen LogP contribution in [0.2, 0.25) is 0 Å². The molecule has 1 fully saturated rings. The quantitative estimate of drug-likeness (QED) is 0.901. The highest BCUT2D eigenvalue weighted by molar-refractivity contribution is 5.60. The van der Waals surface area contributed by atoms with Crippen LogP contribution in [0.3, 0.4) is 0 Å². The van der Waals surface area contributed by atoms with Crippen molar-refractivity contribution in [1.82, 2.24) is 9.97 Å². The van der Waals surface area contributed by atoms with E-state index in [9.17, 15) is 5.11 Å². The number of benzene rings is 1. The Labute approximate surface area is 124 Å². The average molecular weight is 284 g/mol. The van der Waals surface area contributed by atoms with Crippen molar-refractivity contribution in [3.8, 4) is 11.4 Å². The predicted molar refractivity (Wildman–Crippen MR) is 83.9 cm³/mol. The Balaban J connectivity index is 1.91. The number of rotatable bonds is 3. The molecule has 0 bridgehead atoms. The summed E-state index contributed by atoms with van der Waals surface area (Å²) in [6.45, 7) is 1.99. The summed E-state index contributed by atoms with van der Waals surface area (Å²) in [4.78, 5) is 11.2. The van der Waals surface area contributed by atoms with Crippen LogP contribution in [0.25, 0.3) is 11.4 Å². The lowest BCUT2D eigenvalue weighted by molar-refractivity contribution is 0.208. The van der Waals surface area contributed by atoms with Crippen LogP contribution in [0, 0.1) is 5.92 Å². The molecule has 0 amide bonds. The highest BCUT2D eigenvalue weighted by Gasteiger charge is 2.21. The second-order valence-corrected chi connectivity index (χ2v) is 5.48. The fourth-order valence-electron chi connectivity index (χ4n) is 2.75. The third-order valence-electron chi connectivity index (χ3n) is 3.87. The van der Waals surface area contributed by atoms with Crippen molar-refractivity contribution in [2.45, 2.75) is 12.8 Å². The van der Waals surface area contributed by atoms with E-state index in [-0.39, 0.29) is 6.61 Å². The minimum Gasteiger partial charge on any atom is -0.396 e. The second-order valence-electron chi connectivity index (χ2n) is 5.48. The first-order valence-corrected chi connectivity index (χ1v) is 7.32. The molecule has 5 nitrogen and oxygen atoms in total. The Morgan fingerprint density at radius 3 is 2.81 bits per heavy atom. The maximum atomic E-state index is 9.36. The van der Waals surface area contributed by atoms with Crippen molar-refractivity contribution >= 4 is 11.6 Å². The van der Waals surface area contributed by atoms with Gasteiger partial charge in [0.15, 0.2) is 5.82 Å². The number of aromatic nitrogens is 2. The van der Waals surface area contributed by atoms with Crippen molar-refractivity contribution in [3.05, 3.63) is 36.4 Å². The van der Waals surface area contributed by atoms with Gasteiger partial charge in [0.2, 0.25) is 0 Å². The fourth-order valence-corrected chi connectivity index (χ4v) is 2.75. The monoisotopic (exact) mass is 284 g/mol. The molecule has 3 rings (SSSR count). The van der Waals surface area contributed by atoms with E-state index in [1.165, 1.54) is 0 Å². The maximum absolute atomic E-state index is 9.36. The Bertz CT molecular complexity index is 602. The van der Waals surface area contributed by atoms with E-state index in [4.69, 9.17) is 5.73 Å². The van der Waals surface area contributed by atoms with Crippen LogP contribution in [0.4, 0.5) is 11.6 Å². The lowest BCUT2D eigenvalue weighted by atomic mass is 9.99. The average Bonchev–Trinajstić information content (AvgIpc) is 2.55. The number of aliphatic hydroxyl groups excluding tert-OH is 1. The minimum absolute atomic E-state index is 0.225. The topological polar surface area (TPSA) is 75.3 Å². The molecule has 1 aliphatic heterocycles. The van der Waals surface area contributed by atoms with Gasteiger partial charge in [-0.1, -0.05) is 30.3 Å². The number of nitrogens with zero attached hydrogens (tertiary/aromatic N) is 3. The molecular weight excluding hydrogens is 264 g/mol. The first-order chi connectivity index (χ1) is 10.3. The molecule has 0 spiro atoms. The second kappa shape index (κ2) is 6.10. The van der Waals surface area contributed by atoms with Crippen LogP contribution in [-0.4, -0.2) is 34.8 Å². The summed E-state index contributed by atoms with van der Waals surface area (Å²) < 4.78 is 0. The lowest BCUT2D eigenvalue weighted by Gasteiger charge is -2.32. The fraction of sp³-hybridized carbons (Fsp3) is 0.375. The van der Waals surface area contributed by atoms with E-state index in [1.54, 1.807) is 0 Å². The van der Waals surface area contributed by atoms with Gasteiger partial charge in [0.05, 0.1) is 0 Å². The van der Waals surface area contributed by atoms with E-state index in [2.05, 4.69) is 14.9 Å². The number of hydrogen-bond acceptors (Lipinski definition) is 5. The molecule has 1 aromatic carbocycles. The highest BCUT2D eigenvalue weighted by atomic mass is 16.3. The van der Waals surface area contributed by atoms with Gasteiger partial charge < -0.3 is 15.7 Å².